The van der Waals surface area contributed by atoms with Gasteiger partial charge < -0.3 is 40.9 Å². The van der Waals surface area contributed by atoms with E-state index in [9.17, 15) is 51.9 Å². The summed E-state index contributed by atoms with van der Waals surface area (Å²) in [6.07, 6.45) is 2.99. The molecule has 1 unspecified atom stereocenters. The molecule has 0 spiro atoms. The Bertz CT molecular complexity index is 3050. The molecule has 0 heterocycles. The van der Waals surface area contributed by atoms with Gasteiger partial charge in [0, 0.05) is 110 Å². The topological polar surface area (TPSA) is 337 Å². The van der Waals surface area contributed by atoms with Gasteiger partial charge in [-0.3, -0.25) is 19.6 Å². The molecule has 108 heavy (non-hydrogen) atoms. The van der Waals surface area contributed by atoms with Crippen LogP contribution in [0.15, 0.2) is 132 Å². The summed E-state index contributed by atoms with van der Waals surface area (Å²) in [4.78, 5) is 1.68. The molecule has 0 radical (unpaired) electrons. The summed E-state index contributed by atoms with van der Waals surface area (Å²) in [5.74, 6) is -0.171. The quantitative estimate of drug-likeness (QED) is 0.00963. The van der Waals surface area contributed by atoms with Gasteiger partial charge in [0.15, 0.2) is 0 Å². The number of halogens is 12. The molecule has 4 rings (SSSR count). The van der Waals surface area contributed by atoms with Crippen molar-refractivity contribution >= 4 is 188 Å². The van der Waals surface area contributed by atoms with Crippen LogP contribution in [-0.4, -0.2) is 238 Å². The van der Waals surface area contributed by atoms with Crippen LogP contribution in [0.25, 0.3) is 0 Å². The third kappa shape index (κ3) is 41.3. The lowest BCUT2D eigenvalue weighted by molar-refractivity contribution is -0.273. The number of unbranched alkanes of at least 4 members (excludes halogenated alkanes) is 1. The average Bonchev–Trinajstić information content (AvgIpc) is 0.796. The van der Waals surface area contributed by atoms with Crippen molar-refractivity contribution in [2.45, 2.75) is 77.5 Å². The molecule has 4 aromatic rings. The lowest BCUT2D eigenvalue weighted by Gasteiger charge is -2.26. The Morgan fingerprint density at radius 3 is 0.898 bits per heavy atom. The number of hydrogen-bond acceptors (Lipinski definition) is 20. The highest BCUT2D eigenvalue weighted by Crippen LogP contribution is 2.51. The molecular formula is C72H120Br6Cl6N8O16+4. The molecule has 1 atom stereocenters. The smallest absolute Gasteiger partial charge is 0.236 e. The summed E-state index contributed by atoms with van der Waals surface area (Å²) >= 11 is 59.0. The number of quaternary nitrogens is 4. The third-order valence-electron chi connectivity index (χ3n) is 13.8. The van der Waals surface area contributed by atoms with Crippen molar-refractivity contribution in [1.82, 2.24) is 38.8 Å². The zero-order chi connectivity index (χ0) is 87.3. The zero-order valence-corrected chi connectivity index (χ0v) is 77.8. The Balaban J connectivity index is -0.000000193. The summed E-state index contributed by atoms with van der Waals surface area (Å²) in [6.45, 7) is 53.0. The summed E-state index contributed by atoms with van der Waals surface area (Å²) in [5, 5.41) is 154. The number of nitrogens with zero attached hydrogens (tertiary/aromatic N) is 8. The standard InChI is InChI=1S/C15H24Br2ClN2O4.C15H24BrCl2N2O4.C13H20Br3N2O4.C13H20Cl3N2O4.8C2H4/c1-19(6-8-22)9-11-12(16)10(5-3-4-7-21)13(17)15(14(11)18)20(2,23)24;1-9(4-6-21)11-13(17)10(8-19(2)5-7-22)12(16)15(14(11)18)20(3,23)24;2*1-17(4-6-20)7-9-10(14)8(3-5-19)11(15)13(12(9)16)18(2,21)22;8*1-2/h21-24H,3-9H2,1-2H3;9,21-24H,4-8H2,1-3H3;2*19-22H,3-7H2,1-2H3;8*1-2H2/q4*+1;;;;;;;;. The van der Waals surface area contributed by atoms with Crippen LogP contribution in [0.5, 0.6) is 0 Å². The van der Waals surface area contributed by atoms with E-state index in [0.717, 1.165) is 44.7 Å². The first-order valence-electron chi connectivity index (χ1n) is 32.1. The molecule has 0 aliphatic carbocycles. The number of hydrogen-bond donors (Lipinski definition) is 16. The molecule has 24 nitrogen and oxygen atoms in total. The SMILES string of the molecule is C=C.C=C.C=C.C=C.C=C.C=C.C=C.C=C.CC(CCO)c1c(Cl)c(CN(C)CCO)c(Br)c([N+](C)(O)O)c1Cl.CN(CCO)Cc1c(Br)c(CCO)c(Br)c([N+](C)(O)O)c1Br.CN(CCO)Cc1c(Cl)c(CCO)c(Cl)c([N+](C)(O)O)c1Cl.CN(CCO)Cc1c(Cl)c([N+](C)(O)O)c(Br)c(CCCCO)c1Br. The molecule has 16 N–H and O–H groups in total. The van der Waals surface area contributed by atoms with Crippen molar-refractivity contribution in [3.8, 4) is 0 Å². The van der Waals surface area contributed by atoms with Gasteiger partial charge in [0.1, 0.15) is 48.3 Å². The Morgan fingerprint density at radius 1 is 0.296 bits per heavy atom. The predicted octanol–water partition coefficient (Wildman–Crippen LogP) is 18.1. The zero-order valence-electron chi connectivity index (χ0n) is 63.7. The monoisotopic (exact) mass is 2040 g/mol. The molecule has 0 aliphatic heterocycles. The van der Waals surface area contributed by atoms with Gasteiger partial charge in [-0.25, -0.2) is 0 Å². The molecule has 0 aromatic heterocycles. The molecule has 0 fully saturated rings. The molecule has 4 aromatic carbocycles. The maximum absolute atomic E-state index is 10.1. The number of rotatable bonds is 31. The highest BCUT2D eigenvalue weighted by molar-refractivity contribution is 9.12. The van der Waals surface area contributed by atoms with Crippen LogP contribution in [0.3, 0.4) is 0 Å². The minimum absolute atomic E-state index is 0.00473. The second-order valence-electron chi connectivity index (χ2n) is 22.0. The first-order valence-corrected chi connectivity index (χ1v) is 39.2. The van der Waals surface area contributed by atoms with E-state index in [-0.39, 0.29) is 120 Å². The van der Waals surface area contributed by atoms with Gasteiger partial charge in [0.05, 0.1) is 54.4 Å². The van der Waals surface area contributed by atoms with Crippen LogP contribution in [0.2, 0.25) is 30.1 Å². The van der Waals surface area contributed by atoms with Crippen LogP contribution in [0.4, 0.5) is 22.7 Å². The van der Waals surface area contributed by atoms with Crippen LogP contribution in [0, 0.1) is 0 Å². The molecule has 624 valence electrons. The summed E-state index contributed by atoms with van der Waals surface area (Å²) in [7, 11) is 12.0. The maximum Gasteiger partial charge on any atom is 0.236 e. The lowest BCUT2D eigenvalue weighted by atomic mass is 9.94. The van der Waals surface area contributed by atoms with E-state index in [1.165, 1.54) is 21.1 Å². The van der Waals surface area contributed by atoms with Gasteiger partial charge in [0.2, 0.25) is 22.7 Å². The number of likely N-dealkylation sites (N-methyl/N-ethyl adjacent to an activating group) is 4. The van der Waals surface area contributed by atoms with Crippen molar-refractivity contribution < 1.29 is 82.5 Å². The fourth-order valence-corrected chi connectivity index (χ4v) is 18.5. The van der Waals surface area contributed by atoms with E-state index in [0.29, 0.717) is 117 Å². The molecular weight excluding hydrogens is 1920 g/mol. The fraction of sp³-hybridized carbons (Fsp3) is 0.444. The first-order chi connectivity index (χ1) is 50.5. The highest BCUT2D eigenvalue weighted by Gasteiger charge is 2.38. The van der Waals surface area contributed by atoms with Crippen molar-refractivity contribution in [2.75, 3.05) is 135 Å². The van der Waals surface area contributed by atoms with Gasteiger partial charge in [-0.15, -0.1) is 105 Å². The largest absolute Gasteiger partial charge is 0.396 e. The Hall–Kier alpha value is -1.54. The molecule has 0 saturated heterocycles. The number of hydroxylamine groups is 8. The Labute approximate surface area is 722 Å². The van der Waals surface area contributed by atoms with E-state index >= 15 is 0 Å². The molecule has 0 bridgehead atoms. The van der Waals surface area contributed by atoms with Gasteiger partial charge in [0.25, 0.3) is 0 Å². The van der Waals surface area contributed by atoms with Crippen LogP contribution >= 0.6 is 165 Å². The number of aliphatic hydroxyl groups excluding tert-OH is 8. The van der Waals surface area contributed by atoms with Gasteiger partial charge in [-0.1, -0.05) is 108 Å². The fourth-order valence-electron chi connectivity index (χ4n) is 9.18. The second-order valence-corrected chi connectivity index (χ2v) is 29.0. The van der Waals surface area contributed by atoms with Crippen LogP contribution in [-0.2, 0) is 45.4 Å². The van der Waals surface area contributed by atoms with Gasteiger partial charge in [-0.2, -0.15) is 41.7 Å². The minimum atomic E-state index is -1.55. The Kier molecular flexibility index (Phi) is 75.3. The van der Waals surface area contributed by atoms with E-state index < -0.39 is 19.2 Å². The summed E-state index contributed by atoms with van der Waals surface area (Å²) in [6, 6.07) is 0. The van der Waals surface area contributed by atoms with Crippen molar-refractivity contribution in [3.05, 3.63) is 207 Å². The summed E-state index contributed by atoms with van der Waals surface area (Å²) < 4.78 is 3.56. The summed E-state index contributed by atoms with van der Waals surface area (Å²) in [5.41, 5.74) is 5.57. The normalized spacial score (nSPS) is 11.0. The van der Waals surface area contributed by atoms with Gasteiger partial charge in [-0.05, 0) is 178 Å². The van der Waals surface area contributed by atoms with E-state index in [2.05, 4.69) is 201 Å². The van der Waals surface area contributed by atoms with Crippen LogP contribution in [0.1, 0.15) is 76.6 Å². The van der Waals surface area contributed by atoms with E-state index in [1.54, 1.807) is 11.9 Å². The third-order valence-corrected chi connectivity index (χ3v) is 21.6. The molecule has 0 aliphatic rings. The highest BCUT2D eigenvalue weighted by atomic mass is 79.9. The number of aliphatic hydroxyl groups is 8. The first kappa shape index (κ1) is 122. The van der Waals surface area contributed by atoms with Crippen molar-refractivity contribution in [2.24, 2.45) is 0 Å². The molecule has 0 amide bonds. The van der Waals surface area contributed by atoms with Crippen molar-refractivity contribution in [1.29, 1.82) is 0 Å². The van der Waals surface area contributed by atoms with E-state index in [1.807, 2.05) is 42.8 Å². The van der Waals surface area contributed by atoms with E-state index in [4.69, 9.17) is 100 Å². The lowest BCUT2D eigenvalue weighted by Crippen LogP contribution is -2.38. The van der Waals surface area contributed by atoms with Crippen molar-refractivity contribution in [3.63, 3.8) is 0 Å². The number of benzene rings is 4. The Morgan fingerprint density at radius 2 is 0.565 bits per heavy atom. The predicted molar refractivity (Wildman–Crippen MR) is 473 cm³/mol. The van der Waals surface area contributed by atoms with Crippen LogP contribution < -0.4 is 19.2 Å². The maximum atomic E-state index is 10.1. The van der Waals surface area contributed by atoms with Gasteiger partial charge >= 0.3 is 0 Å². The molecule has 36 heteroatoms. The minimum Gasteiger partial charge on any atom is -0.396 e. The average molecular weight is 2050 g/mol. The molecule has 0 saturated carbocycles. The second kappa shape index (κ2) is 66.6.